The monoisotopic (exact) mass is 385 g/mol. The summed E-state index contributed by atoms with van der Waals surface area (Å²) in [5, 5.41) is 12.2. The van der Waals surface area contributed by atoms with Crippen LogP contribution >= 0.6 is 0 Å². The molecule has 3 aromatic carbocycles. The van der Waals surface area contributed by atoms with Crippen molar-refractivity contribution >= 4 is 26.8 Å². The summed E-state index contributed by atoms with van der Waals surface area (Å²) in [4.78, 5) is 12.1. The van der Waals surface area contributed by atoms with Crippen molar-refractivity contribution in [1.29, 1.82) is 0 Å². The fraction of sp³-hybridized carbons (Fsp3) is 0.150. The molecule has 0 saturated heterocycles. The molecule has 0 aromatic heterocycles. The van der Waals surface area contributed by atoms with Crippen LogP contribution in [0.4, 0.5) is 0 Å². The van der Waals surface area contributed by atoms with E-state index in [9.17, 15) is 18.3 Å². The van der Waals surface area contributed by atoms with E-state index in [2.05, 4.69) is 9.46 Å². The highest BCUT2D eigenvalue weighted by Crippen LogP contribution is 2.22. The van der Waals surface area contributed by atoms with Crippen molar-refractivity contribution < 1.29 is 23.1 Å². The van der Waals surface area contributed by atoms with Gasteiger partial charge in [-0.1, -0.05) is 60.7 Å². The van der Waals surface area contributed by atoms with E-state index < -0.39 is 28.1 Å². The van der Waals surface area contributed by atoms with Crippen LogP contribution in [0.3, 0.4) is 0 Å². The van der Waals surface area contributed by atoms with Gasteiger partial charge in [-0.15, -0.1) is 0 Å². The maximum atomic E-state index is 12.8. The SMILES string of the molecule is COC(=O)[C@H](NS(=O)(=O)c1ccc2ccccc2c1)[C@@H](O)c1ccccc1. The van der Waals surface area contributed by atoms with Gasteiger partial charge in [0.15, 0.2) is 0 Å². The minimum absolute atomic E-state index is 0.00429. The largest absolute Gasteiger partial charge is 0.468 e. The van der Waals surface area contributed by atoms with Gasteiger partial charge in [0.1, 0.15) is 12.1 Å². The number of ether oxygens (including phenoxy) is 1. The van der Waals surface area contributed by atoms with Crippen molar-refractivity contribution in [3.63, 3.8) is 0 Å². The summed E-state index contributed by atoms with van der Waals surface area (Å²) < 4.78 is 32.6. The van der Waals surface area contributed by atoms with Gasteiger partial charge in [0.05, 0.1) is 12.0 Å². The van der Waals surface area contributed by atoms with Crippen LogP contribution in [0.15, 0.2) is 77.7 Å². The lowest BCUT2D eigenvalue weighted by Crippen LogP contribution is -2.45. The van der Waals surface area contributed by atoms with Gasteiger partial charge >= 0.3 is 5.97 Å². The van der Waals surface area contributed by atoms with Crippen molar-refractivity contribution in [3.05, 3.63) is 78.4 Å². The minimum Gasteiger partial charge on any atom is -0.468 e. The summed E-state index contributed by atoms with van der Waals surface area (Å²) in [6.45, 7) is 0. The van der Waals surface area contributed by atoms with Crippen LogP contribution in [0.5, 0.6) is 0 Å². The smallest absolute Gasteiger partial charge is 0.326 e. The number of nitrogens with one attached hydrogen (secondary N) is 1. The molecule has 6 nitrogen and oxygen atoms in total. The summed E-state index contributed by atoms with van der Waals surface area (Å²) in [6, 6.07) is 18.8. The lowest BCUT2D eigenvalue weighted by atomic mass is 10.0. The second-order valence-electron chi connectivity index (χ2n) is 5.99. The zero-order valence-electron chi connectivity index (χ0n) is 14.6. The lowest BCUT2D eigenvalue weighted by molar-refractivity contribution is -0.145. The molecule has 0 bridgehead atoms. The molecule has 7 heteroatoms. The van der Waals surface area contributed by atoms with Crippen LogP contribution < -0.4 is 4.72 Å². The van der Waals surface area contributed by atoms with Crippen molar-refractivity contribution in [3.8, 4) is 0 Å². The first kappa shape index (κ1) is 19.0. The van der Waals surface area contributed by atoms with Crippen LogP contribution in [-0.2, 0) is 19.6 Å². The fourth-order valence-corrected chi connectivity index (χ4v) is 4.01. The van der Waals surface area contributed by atoms with Crippen molar-refractivity contribution in [2.24, 2.45) is 0 Å². The highest BCUT2D eigenvalue weighted by Gasteiger charge is 2.33. The summed E-state index contributed by atoms with van der Waals surface area (Å²) in [5.74, 6) is -0.879. The van der Waals surface area contributed by atoms with Gasteiger partial charge in [0.25, 0.3) is 0 Å². The molecule has 2 N–H and O–H groups in total. The summed E-state index contributed by atoms with van der Waals surface area (Å²) in [7, 11) is -2.93. The third kappa shape index (κ3) is 4.16. The molecule has 0 heterocycles. The van der Waals surface area contributed by atoms with Gasteiger partial charge in [0, 0.05) is 0 Å². The number of rotatable bonds is 6. The zero-order valence-corrected chi connectivity index (χ0v) is 15.4. The molecule has 0 amide bonds. The van der Waals surface area contributed by atoms with Crippen LogP contribution in [0.25, 0.3) is 10.8 Å². The Kier molecular flexibility index (Phi) is 5.55. The van der Waals surface area contributed by atoms with E-state index in [0.29, 0.717) is 5.56 Å². The second-order valence-corrected chi connectivity index (χ2v) is 7.70. The molecule has 0 fully saturated rings. The molecule has 0 aliphatic heterocycles. The Morgan fingerprint density at radius 2 is 1.59 bits per heavy atom. The molecule has 27 heavy (non-hydrogen) atoms. The number of esters is 1. The molecule has 3 rings (SSSR count). The van der Waals surface area contributed by atoms with Gasteiger partial charge < -0.3 is 9.84 Å². The number of hydrogen-bond acceptors (Lipinski definition) is 5. The Labute approximate surface area is 157 Å². The normalized spacial score (nSPS) is 13.9. The van der Waals surface area contributed by atoms with E-state index >= 15 is 0 Å². The zero-order chi connectivity index (χ0) is 19.4. The number of aliphatic hydroxyl groups is 1. The van der Waals surface area contributed by atoms with Gasteiger partial charge in [-0.2, -0.15) is 4.72 Å². The van der Waals surface area contributed by atoms with Gasteiger partial charge in [-0.05, 0) is 28.5 Å². The molecule has 140 valence electrons. The quantitative estimate of drug-likeness (QED) is 0.636. The number of carbonyl (C=O) groups is 1. The third-order valence-corrected chi connectivity index (χ3v) is 5.66. The first-order valence-corrected chi connectivity index (χ1v) is 9.72. The molecular weight excluding hydrogens is 366 g/mol. The fourth-order valence-electron chi connectivity index (χ4n) is 2.78. The van der Waals surface area contributed by atoms with Gasteiger partial charge in [-0.25, -0.2) is 8.42 Å². The molecule has 0 radical (unpaired) electrons. The number of carbonyl (C=O) groups excluding carboxylic acids is 1. The first-order chi connectivity index (χ1) is 12.9. The number of methoxy groups -OCH3 is 1. The number of fused-ring (bicyclic) bond motifs is 1. The average molecular weight is 385 g/mol. The lowest BCUT2D eigenvalue weighted by Gasteiger charge is -2.22. The molecule has 0 unspecified atom stereocenters. The number of hydrogen-bond donors (Lipinski definition) is 2. The molecule has 0 aliphatic carbocycles. The maximum absolute atomic E-state index is 12.8. The summed E-state index contributed by atoms with van der Waals surface area (Å²) in [6.07, 6.45) is -1.39. The minimum atomic E-state index is -4.07. The van der Waals surface area contributed by atoms with E-state index in [4.69, 9.17) is 0 Å². The second kappa shape index (κ2) is 7.87. The first-order valence-electron chi connectivity index (χ1n) is 8.24. The van der Waals surface area contributed by atoms with Crippen molar-refractivity contribution in [1.82, 2.24) is 4.72 Å². The molecule has 0 spiro atoms. The Balaban J connectivity index is 1.94. The molecule has 3 aromatic rings. The van der Waals surface area contributed by atoms with Crippen LogP contribution in [-0.4, -0.2) is 32.6 Å². The Morgan fingerprint density at radius 1 is 0.963 bits per heavy atom. The third-order valence-electron chi connectivity index (χ3n) is 4.23. The topological polar surface area (TPSA) is 92.7 Å². The summed E-state index contributed by atoms with van der Waals surface area (Å²) in [5.41, 5.74) is 0.397. The predicted octanol–water partition coefficient (Wildman–Crippen LogP) is 2.39. The van der Waals surface area contributed by atoms with E-state index in [1.165, 1.54) is 12.1 Å². The van der Waals surface area contributed by atoms with Crippen molar-refractivity contribution in [2.45, 2.75) is 17.0 Å². The Bertz CT molecular complexity index is 1050. The van der Waals surface area contributed by atoms with Crippen LogP contribution in [0.2, 0.25) is 0 Å². The number of sulfonamides is 1. The van der Waals surface area contributed by atoms with Crippen molar-refractivity contribution in [2.75, 3.05) is 7.11 Å². The molecular formula is C20H19NO5S. The standard InChI is InChI=1S/C20H19NO5S/c1-26-20(23)18(19(22)15-8-3-2-4-9-15)21-27(24,25)17-12-11-14-7-5-6-10-16(14)13-17/h2-13,18-19,21-22H,1H3/t18-,19+/m1/s1. The van der Waals surface area contributed by atoms with E-state index in [0.717, 1.165) is 17.9 Å². The van der Waals surface area contributed by atoms with E-state index in [1.807, 2.05) is 18.2 Å². The maximum Gasteiger partial charge on any atom is 0.326 e. The molecule has 2 atom stereocenters. The van der Waals surface area contributed by atoms with E-state index in [1.54, 1.807) is 42.5 Å². The average Bonchev–Trinajstić information content (AvgIpc) is 2.71. The van der Waals surface area contributed by atoms with Crippen LogP contribution in [0.1, 0.15) is 11.7 Å². The van der Waals surface area contributed by atoms with Gasteiger partial charge in [-0.3, -0.25) is 4.79 Å². The van der Waals surface area contributed by atoms with Gasteiger partial charge in [0.2, 0.25) is 10.0 Å². The molecule has 0 aliphatic rings. The number of benzene rings is 3. The Morgan fingerprint density at radius 3 is 2.26 bits per heavy atom. The van der Waals surface area contributed by atoms with Crippen LogP contribution in [0, 0.1) is 0 Å². The molecule has 0 saturated carbocycles. The highest BCUT2D eigenvalue weighted by molar-refractivity contribution is 7.89. The predicted molar refractivity (Wildman–Crippen MR) is 101 cm³/mol. The number of aliphatic hydroxyl groups excluding tert-OH is 1. The highest BCUT2D eigenvalue weighted by atomic mass is 32.2. The Hall–Kier alpha value is -2.74. The van der Waals surface area contributed by atoms with E-state index in [-0.39, 0.29) is 4.90 Å². The summed E-state index contributed by atoms with van der Waals surface area (Å²) >= 11 is 0.